The lowest BCUT2D eigenvalue weighted by atomic mass is 10.1. The van der Waals surface area contributed by atoms with Gasteiger partial charge in [0, 0.05) is 5.69 Å². The van der Waals surface area contributed by atoms with E-state index in [1.807, 2.05) is 35.7 Å². The first-order chi connectivity index (χ1) is 11.2. The second-order valence-electron chi connectivity index (χ2n) is 4.70. The Morgan fingerprint density at radius 1 is 1.04 bits per heavy atom. The molecule has 23 heavy (non-hydrogen) atoms. The monoisotopic (exact) mass is 343 g/mol. The van der Waals surface area contributed by atoms with Crippen LogP contribution in [0.5, 0.6) is 0 Å². The van der Waals surface area contributed by atoms with Crippen LogP contribution in [0.15, 0.2) is 53.2 Å². The van der Waals surface area contributed by atoms with Crippen LogP contribution < -0.4 is 5.32 Å². The summed E-state index contributed by atoms with van der Waals surface area (Å²) in [4.78, 5) is 24.6. The quantitative estimate of drug-likeness (QED) is 0.709. The lowest BCUT2D eigenvalue weighted by Crippen LogP contribution is -2.10. The number of rotatable bonds is 4. The predicted molar refractivity (Wildman–Crippen MR) is 93.4 cm³/mol. The topological polar surface area (TPSA) is 55.4 Å². The molecule has 0 unspecified atom stereocenters. The lowest BCUT2D eigenvalue weighted by molar-refractivity contribution is 0.0606. The van der Waals surface area contributed by atoms with E-state index in [2.05, 4.69) is 15.4 Å². The van der Waals surface area contributed by atoms with Gasteiger partial charge in [-0.3, -0.25) is 4.79 Å². The van der Waals surface area contributed by atoms with Crippen molar-refractivity contribution in [2.45, 2.75) is 0 Å². The summed E-state index contributed by atoms with van der Waals surface area (Å²) in [6.07, 6.45) is 0. The maximum Gasteiger partial charge on any atom is 0.348 e. The molecule has 116 valence electrons. The molecule has 0 aliphatic heterocycles. The predicted octanol–water partition coefficient (Wildman–Crippen LogP) is 4.52. The number of carbonyl (C=O) groups excluding carboxylic acids is 2. The molecule has 0 saturated carbocycles. The molecule has 0 spiro atoms. The van der Waals surface area contributed by atoms with Crippen molar-refractivity contribution >= 4 is 40.2 Å². The first-order valence-electron chi connectivity index (χ1n) is 6.79. The molecule has 0 fully saturated rings. The minimum absolute atomic E-state index is 0.243. The Bertz CT molecular complexity index is 837. The molecule has 1 N–H and O–H groups in total. The summed E-state index contributed by atoms with van der Waals surface area (Å²) < 4.78 is 4.65. The molecule has 0 radical (unpaired) electrons. The van der Waals surface area contributed by atoms with E-state index in [0.717, 1.165) is 22.5 Å². The molecule has 2 heterocycles. The van der Waals surface area contributed by atoms with Crippen molar-refractivity contribution in [2.24, 2.45) is 0 Å². The van der Waals surface area contributed by atoms with Crippen molar-refractivity contribution in [2.75, 3.05) is 12.4 Å². The van der Waals surface area contributed by atoms with Gasteiger partial charge in [-0.2, -0.15) is 11.3 Å². The van der Waals surface area contributed by atoms with Crippen LogP contribution in [-0.2, 0) is 4.74 Å². The fourth-order valence-corrected chi connectivity index (χ4v) is 3.55. The van der Waals surface area contributed by atoms with E-state index in [9.17, 15) is 9.59 Å². The minimum Gasteiger partial charge on any atom is -0.465 e. The fraction of sp³-hybridized carbons (Fsp3) is 0.0588. The van der Waals surface area contributed by atoms with Gasteiger partial charge in [-0.15, -0.1) is 11.3 Å². The minimum atomic E-state index is -0.437. The van der Waals surface area contributed by atoms with Crippen LogP contribution in [0.25, 0.3) is 11.1 Å². The van der Waals surface area contributed by atoms with Crippen LogP contribution in [0.3, 0.4) is 0 Å². The Morgan fingerprint density at radius 3 is 2.61 bits per heavy atom. The van der Waals surface area contributed by atoms with Gasteiger partial charge in [0.05, 0.1) is 12.0 Å². The van der Waals surface area contributed by atoms with Crippen LogP contribution in [0, 0.1) is 0 Å². The lowest BCUT2D eigenvalue weighted by Gasteiger charge is -2.05. The molecule has 2 aromatic heterocycles. The van der Waals surface area contributed by atoms with Gasteiger partial charge in [-0.1, -0.05) is 12.1 Å². The van der Waals surface area contributed by atoms with Crippen LogP contribution in [-0.4, -0.2) is 19.0 Å². The van der Waals surface area contributed by atoms with E-state index in [1.165, 1.54) is 7.11 Å². The number of hydrogen-bond acceptors (Lipinski definition) is 5. The highest BCUT2D eigenvalue weighted by atomic mass is 32.1. The van der Waals surface area contributed by atoms with E-state index in [4.69, 9.17) is 0 Å². The first kappa shape index (κ1) is 15.5. The number of amides is 1. The average molecular weight is 343 g/mol. The van der Waals surface area contributed by atoms with Gasteiger partial charge in [0.25, 0.3) is 5.91 Å². The molecule has 1 aromatic carbocycles. The van der Waals surface area contributed by atoms with Crippen molar-refractivity contribution in [1.82, 2.24) is 0 Å². The van der Waals surface area contributed by atoms with Gasteiger partial charge in [0.1, 0.15) is 4.88 Å². The maximum atomic E-state index is 12.3. The van der Waals surface area contributed by atoms with Crippen molar-refractivity contribution in [3.8, 4) is 11.1 Å². The molecule has 3 rings (SSSR count). The summed E-state index contributed by atoms with van der Waals surface area (Å²) in [5.74, 6) is -0.680. The molecular weight excluding hydrogens is 330 g/mol. The largest absolute Gasteiger partial charge is 0.465 e. The van der Waals surface area contributed by atoms with E-state index in [0.29, 0.717) is 15.4 Å². The molecule has 0 aliphatic carbocycles. The van der Waals surface area contributed by atoms with Crippen LogP contribution in [0.1, 0.15) is 19.3 Å². The van der Waals surface area contributed by atoms with Crippen LogP contribution >= 0.6 is 22.7 Å². The van der Waals surface area contributed by atoms with Crippen LogP contribution in [0.4, 0.5) is 5.69 Å². The third-order valence-corrected chi connectivity index (χ3v) is 4.94. The summed E-state index contributed by atoms with van der Waals surface area (Å²) >= 11 is 2.74. The first-order valence-corrected chi connectivity index (χ1v) is 8.55. The summed E-state index contributed by atoms with van der Waals surface area (Å²) in [5, 5.41) is 6.93. The number of methoxy groups -OCH3 is 1. The average Bonchev–Trinajstić information content (AvgIpc) is 3.26. The number of anilines is 1. The van der Waals surface area contributed by atoms with Gasteiger partial charge in [0.2, 0.25) is 0 Å². The molecule has 0 saturated heterocycles. The number of nitrogens with one attached hydrogen (secondary N) is 1. The molecule has 0 atom stereocenters. The number of thiophene rings is 2. The molecule has 3 aromatic rings. The van der Waals surface area contributed by atoms with Crippen molar-refractivity contribution in [3.05, 3.63) is 63.0 Å². The zero-order valence-corrected chi connectivity index (χ0v) is 13.9. The van der Waals surface area contributed by atoms with Gasteiger partial charge < -0.3 is 10.1 Å². The molecular formula is C17H13NO3S2. The van der Waals surface area contributed by atoms with E-state index in [1.54, 1.807) is 23.5 Å². The highest BCUT2D eigenvalue weighted by molar-refractivity contribution is 7.16. The highest BCUT2D eigenvalue weighted by Crippen LogP contribution is 2.25. The fourth-order valence-electron chi connectivity index (χ4n) is 2.07. The van der Waals surface area contributed by atoms with Crippen LogP contribution in [0.2, 0.25) is 0 Å². The van der Waals surface area contributed by atoms with Gasteiger partial charge in [0.15, 0.2) is 0 Å². The zero-order chi connectivity index (χ0) is 16.2. The number of benzene rings is 1. The van der Waals surface area contributed by atoms with Crippen molar-refractivity contribution < 1.29 is 14.3 Å². The number of ether oxygens (including phenoxy) is 1. The molecule has 6 heteroatoms. The molecule has 1 amide bonds. The molecule has 0 aliphatic rings. The third-order valence-electron chi connectivity index (χ3n) is 3.19. The Morgan fingerprint density at radius 2 is 1.87 bits per heavy atom. The third kappa shape index (κ3) is 3.49. The summed E-state index contributed by atoms with van der Waals surface area (Å²) in [6, 6.07) is 12.9. The normalized spacial score (nSPS) is 10.3. The molecule has 0 bridgehead atoms. The standard InChI is InChI=1S/C17H13NO3S2/c1-21-17(20)15-6-5-14(23-15)16(19)18-13-4-2-3-11(9-13)12-7-8-22-10-12/h2-10H,1H3,(H,18,19). The Hall–Kier alpha value is -2.44. The van der Waals surface area contributed by atoms with E-state index in [-0.39, 0.29) is 5.91 Å². The maximum absolute atomic E-state index is 12.3. The molecule has 4 nitrogen and oxygen atoms in total. The summed E-state index contributed by atoms with van der Waals surface area (Å²) in [6.45, 7) is 0. The second kappa shape index (κ2) is 6.76. The van der Waals surface area contributed by atoms with Gasteiger partial charge in [-0.05, 0) is 52.2 Å². The van der Waals surface area contributed by atoms with Gasteiger partial charge >= 0.3 is 5.97 Å². The Balaban J connectivity index is 1.76. The smallest absolute Gasteiger partial charge is 0.348 e. The van der Waals surface area contributed by atoms with Crippen molar-refractivity contribution in [1.29, 1.82) is 0 Å². The van der Waals surface area contributed by atoms with Crippen molar-refractivity contribution in [3.63, 3.8) is 0 Å². The SMILES string of the molecule is COC(=O)c1ccc(C(=O)Nc2cccc(-c3ccsc3)c2)s1. The number of esters is 1. The summed E-state index contributed by atoms with van der Waals surface area (Å²) in [5.41, 5.74) is 2.88. The number of hydrogen-bond donors (Lipinski definition) is 1. The Kier molecular flexibility index (Phi) is 4.55. The number of carbonyl (C=O) groups is 2. The van der Waals surface area contributed by atoms with Gasteiger partial charge in [-0.25, -0.2) is 4.79 Å². The summed E-state index contributed by atoms with van der Waals surface area (Å²) in [7, 11) is 1.32. The zero-order valence-electron chi connectivity index (χ0n) is 12.2. The van der Waals surface area contributed by atoms with E-state index < -0.39 is 5.97 Å². The Labute approximate surface area is 141 Å². The van der Waals surface area contributed by atoms with E-state index >= 15 is 0 Å². The second-order valence-corrected chi connectivity index (χ2v) is 6.57. The highest BCUT2D eigenvalue weighted by Gasteiger charge is 2.14.